The minimum atomic E-state index is 0.163. The predicted octanol–water partition coefficient (Wildman–Crippen LogP) is 1.89. The number of nitrogens with zero attached hydrogens (tertiary/aromatic N) is 3. The monoisotopic (exact) mass is 288 g/mol. The van der Waals surface area contributed by atoms with Crippen LogP contribution in [-0.4, -0.2) is 33.3 Å². The van der Waals surface area contributed by atoms with Gasteiger partial charge in [0.25, 0.3) is 0 Å². The highest BCUT2D eigenvalue weighted by atomic mass is 16.5. The first-order valence-corrected chi connectivity index (χ1v) is 7.30. The highest BCUT2D eigenvalue weighted by Crippen LogP contribution is 2.21. The second kappa shape index (κ2) is 6.13. The summed E-state index contributed by atoms with van der Waals surface area (Å²) < 4.78 is 7.96. The van der Waals surface area contributed by atoms with Crippen molar-refractivity contribution in [3.8, 4) is 0 Å². The average Bonchev–Trinajstić information content (AvgIpc) is 2.86. The molecule has 3 N–H and O–H groups in total. The zero-order chi connectivity index (χ0) is 14.7. The van der Waals surface area contributed by atoms with E-state index in [2.05, 4.69) is 14.7 Å². The molecule has 1 saturated heterocycles. The number of benzene rings is 1. The maximum Gasteiger partial charge on any atom is 0.146 e. The molecule has 1 aliphatic heterocycles. The summed E-state index contributed by atoms with van der Waals surface area (Å²) >= 11 is 0. The van der Waals surface area contributed by atoms with Crippen LogP contribution >= 0.6 is 0 Å². The maximum absolute atomic E-state index is 8.78. The molecule has 6 nitrogen and oxygen atoms in total. The van der Waals surface area contributed by atoms with Crippen molar-refractivity contribution in [3.63, 3.8) is 0 Å². The van der Waals surface area contributed by atoms with Crippen molar-refractivity contribution in [3.05, 3.63) is 30.1 Å². The van der Waals surface area contributed by atoms with E-state index in [0.717, 1.165) is 42.9 Å². The fourth-order valence-corrected chi connectivity index (χ4v) is 2.82. The molecule has 1 atom stereocenters. The maximum atomic E-state index is 8.78. The Kier molecular flexibility index (Phi) is 4.06. The number of imidazole rings is 1. The van der Waals surface area contributed by atoms with Gasteiger partial charge in [-0.25, -0.2) is 4.98 Å². The van der Waals surface area contributed by atoms with Gasteiger partial charge in [0.2, 0.25) is 0 Å². The summed E-state index contributed by atoms with van der Waals surface area (Å²) in [6.07, 6.45) is 3.95. The first kappa shape index (κ1) is 13.9. The number of fused-ring (bicyclic) bond motifs is 1. The van der Waals surface area contributed by atoms with Gasteiger partial charge >= 0.3 is 0 Å². The molecular formula is C15H20N4O2. The molecule has 112 valence electrons. The van der Waals surface area contributed by atoms with Gasteiger partial charge in [0.1, 0.15) is 11.7 Å². The molecule has 2 heterocycles. The number of nitrogens with two attached hydrogens (primary N) is 1. The third-order valence-corrected chi connectivity index (χ3v) is 3.86. The van der Waals surface area contributed by atoms with Crippen LogP contribution in [-0.2, 0) is 17.7 Å². The minimum absolute atomic E-state index is 0.163. The van der Waals surface area contributed by atoms with Crippen LogP contribution in [0.25, 0.3) is 11.0 Å². The molecule has 3 rings (SSSR count). The minimum Gasteiger partial charge on any atom is -0.409 e. The highest BCUT2D eigenvalue weighted by Gasteiger charge is 2.19. The Morgan fingerprint density at radius 1 is 1.43 bits per heavy atom. The summed E-state index contributed by atoms with van der Waals surface area (Å²) in [4.78, 5) is 4.60. The fraction of sp³-hybridized carbons (Fsp3) is 0.467. The van der Waals surface area contributed by atoms with Crippen LogP contribution in [0.1, 0.15) is 25.1 Å². The van der Waals surface area contributed by atoms with Gasteiger partial charge in [-0.05, 0) is 31.4 Å². The molecule has 1 aromatic heterocycles. The lowest BCUT2D eigenvalue weighted by molar-refractivity contribution is 0.00625. The largest absolute Gasteiger partial charge is 0.409 e. The van der Waals surface area contributed by atoms with Gasteiger partial charge in [0.15, 0.2) is 0 Å². The van der Waals surface area contributed by atoms with Crippen LogP contribution in [0.15, 0.2) is 29.4 Å². The molecule has 1 aromatic carbocycles. The van der Waals surface area contributed by atoms with E-state index < -0.39 is 0 Å². The molecule has 1 fully saturated rings. The van der Waals surface area contributed by atoms with Crippen LogP contribution in [0.4, 0.5) is 0 Å². The standard InChI is InChI=1S/C15H20N4O2/c16-14(18-20)9-15-17-12-6-1-2-7-13(12)19(15)10-11-5-3-4-8-21-11/h1-2,6-7,11,20H,3-5,8-10H2,(H2,16,18). The van der Waals surface area contributed by atoms with E-state index in [0.29, 0.717) is 6.42 Å². The van der Waals surface area contributed by atoms with Crippen molar-refractivity contribution in [2.45, 2.75) is 38.3 Å². The normalized spacial score (nSPS) is 20.0. The first-order chi connectivity index (χ1) is 10.3. The van der Waals surface area contributed by atoms with E-state index in [9.17, 15) is 0 Å². The Morgan fingerprint density at radius 3 is 3.05 bits per heavy atom. The van der Waals surface area contributed by atoms with Gasteiger partial charge in [0, 0.05) is 6.61 Å². The van der Waals surface area contributed by atoms with Crippen LogP contribution in [0.3, 0.4) is 0 Å². The van der Waals surface area contributed by atoms with E-state index >= 15 is 0 Å². The number of aromatic nitrogens is 2. The number of para-hydroxylation sites is 2. The van der Waals surface area contributed by atoms with Crippen molar-refractivity contribution in [2.24, 2.45) is 10.9 Å². The number of oxime groups is 1. The lowest BCUT2D eigenvalue weighted by atomic mass is 10.1. The lowest BCUT2D eigenvalue weighted by Crippen LogP contribution is -2.26. The molecule has 0 spiro atoms. The average molecular weight is 288 g/mol. The zero-order valence-corrected chi connectivity index (χ0v) is 11.9. The van der Waals surface area contributed by atoms with Gasteiger partial charge in [-0.2, -0.15) is 0 Å². The van der Waals surface area contributed by atoms with Gasteiger partial charge < -0.3 is 20.2 Å². The van der Waals surface area contributed by atoms with E-state index in [-0.39, 0.29) is 11.9 Å². The molecule has 1 unspecified atom stereocenters. The topological polar surface area (TPSA) is 85.7 Å². The Morgan fingerprint density at radius 2 is 2.29 bits per heavy atom. The van der Waals surface area contributed by atoms with E-state index in [1.165, 1.54) is 6.42 Å². The Labute approximate surface area is 123 Å². The summed E-state index contributed by atoms with van der Waals surface area (Å²) in [6.45, 7) is 1.58. The third kappa shape index (κ3) is 3.00. The smallest absolute Gasteiger partial charge is 0.146 e. The molecule has 21 heavy (non-hydrogen) atoms. The molecule has 1 aliphatic rings. The zero-order valence-electron chi connectivity index (χ0n) is 11.9. The summed E-state index contributed by atoms with van der Waals surface area (Å²) in [5.74, 6) is 0.969. The molecule has 0 radical (unpaired) electrons. The van der Waals surface area contributed by atoms with Gasteiger partial charge in [-0.1, -0.05) is 17.3 Å². The lowest BCUT2D eigenvalue weighted by Gasteiger charge is -2.24. The summed E-state index contributed by atoms with van der Waals surface area (Å²) in [5, 5.41) is 11.8. The van der Waals surface area contributed by atoms with Crippen molar-refractivity contribution in [1.29, 1.82) is 0 Å². The van der Waals surface area contributed by atoms with Gasteiger partial charge in [0.05, 0.1) is 30.1 Å². The second-order valence-electron chi connectivity index (χ2n) is 5.38. The summed E-state index contributed by atoms with van der Waals surface area (Å²) in [5.41, 5.74) is 7.63. The van der Waals surface area contributed by atoms with Crippen LogP contribution in [0.2, 0.25) is 0 Å². The Balaban J connectivity index is 1.94. The molecule has 2 aromatic rings. The van der Waals surface area contributed by atoms with Crippen molar-refractivity contribution in [1.82, 2.24) is 9.55 Å². The summed E-state index contributed by atoms with van der Waals surface area (Å²) in [6, 6.07) is 7.98. The molecule has 6 heteroatoms. The van der Waals surface area contributed by atoms with Crippen LogP contribution < -0.4 is 5.73 Å². The molecular weight excluding hydrogens is 268 g/mol. The Hall–Kier alpha value is -2.08. The quantitative estimate of drug-likeness (QED) is 0.389. The first-order valence-electron chi connectivity index (χ1n) is 7.30. The van der Waals surface area contributed by atoms with E-state index in [1.54, 1.807) is 0 Å². The van der Waals surface area contributed by atoms with Crippen molar-refractivity contribution < 1.29 is 9.94 Å². The van der Waals surface area contributed by atoms with Crippen molar-refractivity contribution in [2.75, 3.05) is 6.61 Å². The molecule has 0 saturated carbocycles. The predicted molar refractivity (Wildman–Crippen MR) is 80.4 cm³/mol. The second-order valence-corrected chi connectivity index (χ2v) is 5.38. The molecule has 0 aliphatic carbocycles. The van der Waals surface area contributed by atoms with Crippen LogP contribution in [0, 0.1) is 0 Å². The highest BCUT2D eigenvalue weighted by molar-refractivity contribution is 5.83. The SMILES string of the molecule is NC(Cc1nc2ccccc2n1CC1CCCCO1)=NO. The fourth-order valence-electron chi connectivity index (χ4n) is 2.82. The van der Waals surface area contributed by atoms with Crippen LogP contribution in [0.5, 0.6) is 0 Å². The number of hydrogen-bond donors (Lipinski definition) is 2. The molecule has 0 amide bonds. The van der Waals surface area contributed by atoms with Crippen molar-refractivity contribution >= 4 is 16.9 Å². The number of amidine groups is 1. The number of ether oxygens (including phenoxy) is 1. The van der Waals surface area contributed by atoms with Gasteiger partial charge in [-0.15, -0.1) is 0 Å². The number of hydrogen-bond acceptors (Lipinski definition) is 4. The van der Waals surface area contributed by atoms with E-state index in [1.807, 2.05) is 24.3 Å². The Bertz CT molecular complexity index is 644. The third-order valence-electron chi connectivity index (χ3n) is 3.86. The summed E-state index contributed by atoms with van der Waals surface area (Å²) in [7, 11) is 0. The van der Waals surface area contributed by atoms with Gasteiger partial charge in [-0.3, -0.25) is 0 Å². The van der Waals surface area contributed by atoms with E-state index in [4.69, 9.17) is 15.7 Å². The molecule has 0 bridgehead atoms. The number of rotatable bonds is 4.